The molecule has 0 bridgehead atoms. The molecule has 6 N–H and O–H groups in total. The van der Waals surface area contributed by atoms with Crippen molar-refractivity contribution in [3.63, 3.8) is 0 Å². The number of rotatable bonds is 6. The molecule has 172 valence electrons. The van der Waals surface area contributed by atoms with Crippen LogP contribution in [0.3, 0.4) is 0 Å². The van der Waals surface area contributed by atoms with Crippen LogP contribution >= 0.6 is 0 Å². The van der Waals surface area contributed by atoms with Crippen LogP contribution in [0, 0.1) is 5.21 Å². The van der Waals surface area contributed by atoms with Gasteiger partial charge >= 0.3 is 0 Å². The summed E-state index contributed by atoms with van der Waals surface area (Å²) in [5.41, 5.74) is 8.11. The van der Waals surface area contributed by atoms with Crippen molar-refractivity contribution in [2.24, 2.45) is 0 Å². The van der Waals surface area contributed by atoms with Crippen molar-refractivity contribution in [1.82, 2.24) is 19.9 Å². The first-order valence-corrected chi connectivity index (χ1v) is 10.6. The number of hydrogen-bond acceptors (Lipinski definition) is 8. The van der Waals surface area contributed by atoms with Crippen LogP contribution in [0.15, 0.2) is 41.2 Å². The van der Waals surface area contributed by atoms with E-state index in [0.29, 0.717) is 34.6 Å². The first kappa shape index (κ1) is 21.4. The van der Waals surface area contributed by atoms with Gasteiger partial charge in [-0.3, -0.25) is 9.69 Å². The summed E-state index contributed by atoms with van der Waals surface area (Å²) in [5.74, 6) is 0.983. The highest BCUT2D eigenvalue weighted by Gasteiger charge is 2.17. The molecule has 1 saturated heterocycles. The molecule has 3 heterocycles. The van der Waals surface area contributed by atoms with Crippen molar-refractivity contribution >= 4 is 33.3 Å². The van der Waals surface area contributed by atoms with Crippen molar-refractivity contribution in [3.05, 3.63) is 52.0 Å². The number of pyridine rings is 1. The van der Waals surface area contributed by atoms with Gasteiger partial charge in [0, 0.05) is 43.2 Å². The van der Waals surface area contributed by atoms with E-state index in [-0.39, 0.29) is 16.9 Å². The number of nitrogens with two attached hydrogens (primary N) is 1. The zero-order valence-corrected chi connectivity index (χ0v) is 17.8. The zero-order chi connectivity index (χ0) is 22.9. The number of benzene rings is 2. The maximum absolute atomic E-state index is 12.8. The molecule has 2 aromatic carbocycles. The van der Waals surface area contributed by atoms with E-state index >= 15 is 0 Å². The number of nitrogen functional groups attached to an aromatic ring is 1. The molecule has 0 aliphatic carbocycles. The van der Waals surface area contributed by atoms with Gasteiger partial charge in [-0.2, -0.15) is 5.23 Å². The minimum absolute atomic E-state index is 0.0793. The lowest BCUT2D eigenvalue weighted by Crippen LogP contribution is -2.99. The third kappa shape index (κ3) is 4.27. The van der Waals surface area contributed by atoms with Crippen LogP contribution in [-0.4, -0.2) is 64.5 Å². The van der Waals surface area contributed by atoms with Crippen LogP contribution in [0.2, 0.25) is 0 Å². The van der Waals surface area contributed by atoms with Gasteiger partial charge < -0.3 is 30.4 Å². The molecule has 1 aliphatic rings. The molecule has 4 aromatic rings. The van der Waals surface area contributed by atoms with Crippen molar-refractivity contribution in [2.75, 3.05) is 45.2 Å². The Labute approximate surface area is 187 Å². The lowest BCUT2D eigenvalue weighted by atomic mass is 10.1. The maximum Gasteiger partial charge on any atom is 0.261 e. The number of aromatic nitrogens is 3. The molecule has 0 saturated carbocycles. The molecule has 0 spiro atoms. The Morgan fingerprint density at radius 1 is 1.18 bits per heavy atom. The summed E-state index contributed by atoms with van der Waals surface area (Å²) >= 11 is 0. The van der Waals surface area contributed by atoms with Gasteiger partial charge in [-0.15, -0.1) is 0 Å². The summed E-state index contributed by atoms with van der Waals surface area (Å²) in [6.07, 6.45) is 0. The second-order valence-corrected chi connectivity index (χ2v) is 7.88. The van der Waals surface area contributed by atoms with Gasteiger partial charge in [0.05, 0.1) is 35.5 Å². The fraction of sp³-hybridized carbons (Fsp3) is 0.273. The number of aromatic amines is 2. The standard InChI is InChI=1S/C22H24N6O5/c23-20-15-11-13(28(30)31)1-3-16(15)26-22(29)19(20)21-24-17-4-2-14(12-18(17)25-21)33-10-7-27-5-8-32-9-6-27/h1-4,11-12,28,30H,5-10H2,(H,24,25)(H3,23,26,29). The molecule has 0 radical (unpaired) electrons. The Morgan fingerprint density at radius 2 is 1.97 bits per heavy atom. The monoisotopic (exact) mass is 452 g/mol. The second kappa shape index (κ2) is 8.81. The minimum atomic E-state index is -1.08. The van der Waals surface area contributed by atoms with E-state index in [1.165, 1.54) is 18.2 Å². The van der Waals surface area contributed by atoms with Gasteiger partial charge in [-0.05, 0) is 18.2 Å². The number of morpholine rings is 1. The van der Waals surface area contributed by atoms with E-state index in [0.717, 1.165) is 38.4 Å². The summed E-state index contributed by atoms with van der Waals surface area (Å²) in [4.78, 5) is 25.5. The largest absolute Gasteiger partial charge is 0.595 e. The Balaban J connectivity index is 1.43. The number of H-pyrrole nitrogens is 2. The number of imidazole rings is 1. The zero-order valence-electron chi connectivity index (χ0n) is 17.8. The van der Waals surface area contributed by atoms with E-state index in [4.69, 9.17) is 15.2 Å². The molecule has 5 rings (SSSR count). The molecule has 0 amide bonds. The third-order valence-electron chi connectivity index (χ3n) is 5.77. The Morgan fingerprint density at radius 3 is 2.76 bits per heavy atom. The molecule has 33 heavy (non-hydrogen) atoms. The van der Waals surface area contributed by atoms with Gasteiger partial charge in [0.1, 0.15) is 23.7 Å². The van der Waals surface area contributed by atoms with Crippen molar-refractivity contribution in [1.29, 1.82) is 0 Å². The normalized spacial score (nSPS) is 15.8. The lowest BCUT2D eigenvalue weighted by Gasteiger charge is -2.26. The second-order valence-electron chi connectivity index (χ2n) is 7.88. The molecule has 11 nitrogen and oxygen atoms in total. The van der Waals surface area contributed by atoms with Gasteiger partial charge in [-0.1, -0.05) is 0 Å². The van der Waals surface area contributed by atoms with Crippen LogP contribution in [0.25, 0.3) is 33.3 Å². The highest BCUT2D eigenvalue weighted by atomic mass is 16.8. The highest BCUT2D eigenvalue weighted by Crippen LogP contribution is 2.30. The summed E-state index contributed by atoms with van der Waals surface area (Å²) in [5, 5.41) is 20.0. The number of anilines is 1. The predicted octanol–water partition coefficient (Wildman–Crippen LogP) is 0.768. The number of nitrogens with zero attached hydrogens (tertiary/aromatic N) is 2. The average Bonchev–Trinajstić information content (AvgIpc) is 3.22. The van der Waals surface area contributed by atoms with Crippen LogP contribution < -0.4 is 21.3 Å². The van der Waals surface area contributed by atoms with Gasteiger partial charge in [0.25, 0.3) is 5.56 Å². The molecule has 1 aliphatic heterocycles. The first-order chi connectivity index (χ1) is 16.0. The molecular weight excluding hydrogens is 428 g/mol. The number of quaternary nitrogens is 1. The number of fused-ring (bicyclic) bond motifs is 2. The Kier molecular flexibility index (Phi) is 5.70. The summed E-state index contributed by atoms with van der Waals surface area (Å²) in [7, 11) is 0. The number of hydrogen-bond donors (Lipinski definition) is 5. The van der Waals surface area contributed by atoms with Crippen molar-refractivity contribution < 1.29 is 19.9 Å². The fourth-order valence-corrected chi connectivity index (χ4v) is 4.00. The van der Waals surface area contributed by atoms with E-state index in [2.05, 4.69) is 19.9 Å². The van der Waals surface area contributed by atoms with Gasteiger partial charge in [0.15, 0.2) is 5.69 Å². The molecule has 1 fully saturated rings. The van der Waals surface area contributed by atoms with Gasteiger partial charge in [-0.25, -0.2) is 10.2 Å². The minimum Gasteiger partial charge on any atom is -0.595 e. The quantitative estimate of drug-likeness (QED) is 0.269. The SMILES string of the molecule is Nc1c(-c2nc3cc(OCCN4CCOCC4)ccc3[nH]2)c(=O)[nH]c2ccc([NH+]([O-])O)cc12. The summed E-state index contributed by atoms with van der Waals surface area (Å²) < 4.78 is 11.2. The first-order valence-electron chi connectivity index (χ1n) is 10.6. The van der Waals surface area contributed by atoms with Crippen LogP contribution in [0.4, 0.5) is 11.4 Å². The van der Waals surface area contributed by atoms with E-state index in [1.807, 2.05) is 18.2 Å². The molecule has 11 heteroatoms. The molecule has 1 unspecified atom stereocenters. The molecular formula is C22H24N6O5. The van der Waals surface area contributed by atoms with E-state index in [1.54, 1.807) is 0 Å². The Bertz CT molecular complexity index is 1360. The maximum atomic E-state index is 12.8. The third-order valence-corrected chi connectivity index (χ3v) is 5.77. The fourth-order valence-electron chi connectivity index (χ4n) is 4.00. The summed E-state index contributed by atoms with van der Waals surface area (Å²) in [6.45, 7) is 4.66. The molecule has 2 aromatic heterocycles. The van der Waals surface area contributed by atoms with Crippen LogP contribution in [-0.2, 0) is 4.74 Å². The van der Waals surface area contributed by atoms with Crippen LogP contribution in [0.5, 0.6) is 5.75 Å². The topological polar surface area (TPSA) is 157 Å². The molecule has 1 atom stereocenters. The lowest BCUT2D eigenvalue weighted by molar-refractivity contribution is -0.991. The predicted molar refractivity (Wildman–Crippen MR) is 123 cm³/mol. The average molecular weight is 452 g/mol. The smallest absolute Gasteiger partial charge is 0.261 e. The van der Waals surface area contributed by atoms with Crippen molar-refractivity contribution in [3.8, 4) is 17.1 Å². The van der Waals surface area contributed by atoms with Crippen LogP contribution in [0.1, 0.15) is 0 Å². The van der Waals surface area contributed by atoms with E-state index in [9.17, 15) is 15.2 Å². The number of ether oxygens (including phenoxy) is 2. The van der Waals surface area contributed by atoms with Crippen molar-refractivity contribution in [2.45, 2.75) is 0 Å². The Hall–Kier alpha value is -3.48. The summed E-state index contributed by atoms with van der Waals surface area (Å²) in [6, 6.07) is 9.87. The highest BCUT2D eigenvalue weighted by molar-refractivity contribution is 5.98. The van der Waals surface area contributed by atoms with Gasteiger partial charge in [0.2, 0.25) is 0 Å². The van der Waals surface area contributed by atoms with E-state index < -0.39 is 10.8 Å². The number of nitrogens with one attached hydrogen (secondary N) is 3.